The van der Waals surface area contributed by atoms with Gasteiger partial charge in [-0.1, -0.05) is 6.92 Å². The van der Waals surface area contributed by atoms with Crippen molar-refractivity contribution in [3.05, 3.63) is 0 Å². The Morgan fingerprint density at radius 3 is 2.50 bits per heavy atom. The summed E-state index contributed by atoms with van der Waals surface area (Å²) in [7, 11) is 0. The number of alkyl halides is 1. The van der Waals surface area contributed by atoms with Crippen LogP contribution in [-0.2, 0) is 0 Å². The highest BCUT2D eigenvalue weighted by Gasteiger charge is 1.60. The third kappa shape index (κ3) is 1.93. The van der Waals surface area contributed by atoms with Gasteiger partial charge in [0.2, 0.25) is 0 Å². The molecule has 0 saturated carbocycles. The third-order valence-corrected chi connectivity index (χ3v) is 0.134. The maximum atomic E-state index is 11.5. The van der Waals surface area contributed by atoms with Crippen LogP contribution in [0, 0.1) is 0 Å². The molecule has 0 bridgehead atoms. The first-order chi connectivity index (χ1) is 2.56. The van der Waals surface area contributed by atoms with Crippen molar-refractivity contribution in [2.24, 2.45) is 0 Å². The molecule has 0 aliphatic heterocycles. The molecular formula is C3H7F. The summed E-state index contributed by atoms with van der Waals surface area (Å²) >= 11 is 0. The van der Waals surface area contributed by atoms with Crippen LogP contribution in [0.5, 0.6) is 0 Å². The first-order valence-electron chi connectivity index (χ1n) is 2.25. The van der Waals surface area contributed by atoms with Crippen molar-refractivity contribution in [2.75, 3.05) is 6.63 Å². The minimum Gasteiger partial charge on any atom is -0.251 e. The molecule has 0 aromatic rings. The zero-order chi connectivity index (χ0) is 5.21. The zero-order valence-electron chi connectivity index (χ0n) is 4.59. The van der Waals surface area contributed by atoms with Gasteiger partial charge in [-0.15, -0.1) is 0 Å². The van der Waals surface area contributed by atoms with E-state index in [0.29, 0.717) is 0 Å². The minimum atomic E-state index is -2.46. The van der Waals surface area contributed by atoms with Gasteiger partial charge in [0.05, 0.1) is 9.37 Å². The molecule has 4 heavy (non-hydrogen) atoms. The van der Waals surface area contributed by atoms with Gasteiger partial charge >= 0.3 is 0 Å². The number of halogens is 1. The fraction of sp³-hybridized carbons (Fsp3) is 1.00. The molecule has 0 aromatic heterocycles. The van der Waals surface area contributed by atoms with Crippen LogP contribution in [0.15, 0.2) is 0 Å². The summed E-state index contributed by atoms with van der Waals surface area (Å²) in [5.74, 6) is 0. The van der Waals surface area contributed by atoms with Gasteiger partial charge < -0.3 is 0 Å². The lowest BCUT2D eigenvalue weighted by Gasteiger charge is -1.64. The number of rotatable bonds is 1. The Bertz CT molecular complexity index is 38.5. The monoisotopic (exact) mass is 64.1 g/mol. The Kier molecular flexibility index (Phi) is 1.02. The van der Waals surface area contributed by atoms with Crippen LogP contribution in [0.3, 0.4) is 0 Å². The molecule has 26 valence electrons. The van der Waals surface area contributed by atoms with E-state index in [9.17, 15) is 4.39 Å². The van der Waals surface area contributed by atoms with Gasteiger partial charge in [-0.3, -0.25) is 4.39 Å². The molecule has 1 heteroatoms. The maximum Gasteiger partial charge on any atom is 0.0891 e. The van der Waals surface area contributed by atoms with E-state index in [2.05, 4.69) is 0 Å². The Labute approximate surface area is 28.4 Å². The van der Waals surface area contributed by atoms with Crippen LogP contribution >= 0.6 is 0 Å². The molecule has 0 fully saturated rings. The van der Waals surface area contributed by atoms with Crippen LogP contribution in [0.2, 0.25) is 0 Å². The predicted molar refractivity (Wildman–Crippen MR) is 16.3 cm³/mol. The van der Waals surface area contributed by atoms with E-state index in [-0.39, 0.29) is 6.42 Å². The Morgan fingerprint density at radius 2 is 2.50 bits per heavy atom. The summed E-state index contributed by atoms with van der Waals surface area (Å²) in [6.07, 6.45) is -0.0625. The second-order valence-electron chi connectivity index (χ2n) is 0.487. The van der Waals surface area contributed by atoms with Crippen molar-refractivity contribution in [1.82, 2.24) is 0 Å². The molecule has 0 N–H and O–H groups in total. The van der Waals surface area contributed by atoms with E-state index >= 15 is 0 Å². The summed E-state index contributed by atoms with van der Waals surface area (Å²) in [5, 5.41) is 0. The summed E-state index contributed by atoms with van der Waals surface area (Å²) < 4.78 is 23.8. The molecule has 0 nitrogen and oxygen atoms in total. The van der Waals surface area contributed by atoms with E-state index in [1.54, 1.807) is 0 Å². The van der Waals surface area contributed by atoms with E-state index < -0.39 is 6.63 Å². The number of hydrogen-bond donors (Lipinski definition) is 0. The highest BCUT2D eigenvalue weighted by Crippen LogP contribution is 1.69. The average molecular weight is 64.1 g/mol. The second-order valence-corrected chi connectivity index (χ2v) is 0.487. The van der Waals surface area contributed by atoms with Crippen LogP contribution in [0.25, 0.3) is 0 Å². The molecule has 0 spiro atoms. The quantitative estimate of drug-likeness (QED) is 0.432. The molecule has 0 heterocycles. The summed E-state index contributed by atoms with van der Waals surface area (Å²) in [5.41, 5.74) is 0. The summed E-state index contributed by atoms with van der Waals surface area (Å²) in [4.78, 5) is 0. The van der Waals surface area contributed by atoms with Crippen molar-refractivity contribution in [1.29, 1.82) is 0 Å². The molecule has 0 aromatic carbocycles. The summed E-state index contributed by atoms with van der Waals surface area (Å²) in [6.45, 7) is -1.00. The van der Waals surface area contributed by atoms with Gasteiger partial charge in [-0.2, -0.15) is 0 Å². The standard InChI is InChI=1S/C3H7F/c1-2-3-4/h2-3H2,1H3/i3D2. The van der Waals surface area contributed by atoms with Crippen molar-refractivity contribution in [3.8, 4) is 0 Å². The normalized spacial score (nSPS) is 18.5. The Balaban J connectivity index is 3.17. The zero-order valence-corrected chi connectivity index (χ0v) is 2.59. The first kappa shape index (κ1) is 1.39. The molecule has 0 radical (unpaired) electrons. The molecule has 0 unspecified atom stereocenters. The Morgan fingerprint density at radius 1 is 2.25 bits per heavy atom. The lowest BCUT2D eigenvalue weighted by molar-refractivity contribution is 0.487. The van der Waals surface area contributed by atoms with Gasteiger partial charge in [0.15, 0.2) is 0 Å². The Hall–Kier alpha value is -0.0700. The van der Waals surface area contributed by atoms with Gasteiger partial charge in [-0.25, -0.2) is 0 Å². The second kappa shape index (κ2) is 2.93. The predicted octanol–water partition coefficient (Wildman–Crippen LogP) is 1.37. The van der Waals surface area contributed by atoms with E-state index in [1.807, 2.05) is 0 Å². The third-order valence-electron chi connectivity index (χ3n) is 0.134. The van der Waals surface area contributed by atoms with Crippen molar-refractivity contribution in [2.45, 2.75) is 13.3 Å². The number of hydrogen-bond acceptors (Lipinski definition) is 0. The van der Waals surface area contributed by atoms with Gasteiger partial charge in [0.1, 0.15) is 0 Å². The molecule has 0 aliphatic carbocycles. The molecule has 0 rings (SSSR count). The summed E-state index contributed by atoms with van der Waals surface area (Å²) in [6, 6.07) is 0. The average Bonchev–Trinajstić information content (AvgIpc) is 1.35. The largest absolute Gasteiger partial charge is 0.251 e. The molecule has 0 saturated heterocycles. The van der Waals surface area contributed by atoms with Gasteiger partial charge in [0.25, 0.3) is 0 Å². The van der Waals surface area contributed by atoms with Crippen LogP contribution in [0.4, 0.5) is 4.39 Å². The van der Waals surface area contributed by atoms with Crippen molar-refractivity contribution < 1.29 is 7.13 Å². The van der Waals surface area contributed by atoms with E-state index in [0.717, 1.165) is 0 Å². The van der Waals surface area contributed by atoms with Crippen molar-refractivity contribution >= 4 is 0 Å². The smallest absolute Gasteiger partial charge is 0.0891 e. The SMILES string of the molecule is [2H]C([2H])(F)CC. The fourth-order valence-electron chi connectivity index (χ4n) is 0. The first-order valence-corrected chi connectivity index (χ1v) is 1.25. The van der Waals surface area contributed by atoms with Crippen LogP contribution < -0.4 is 0 Å². The maximum absolute atomic E-state index is 11.5. The minimum absolute atomic E-state index is 0.0625. The van der Waals surface area contributed by atoms with Crippen LogP contribution in [0.1, 0.15) is 16.1 Å². The van der Waals surface area contributed by atoms with Gasteiger partial charge in [0, 0.05) is 0 Å². The lowest BCUT2D eigenvalue weighted by Crippen LogP contribution is -1.58. The molecule has 0 amide bonds. The highest BCUT2D eigenvalue weighted by atomic mass is 19.1. The molecular weight excluding hydrogens is 55.0 g/mol. The molecule has 0 aliphatic rings. The van der Waals surface area contributed by atoms with E-state index in [4.69, 9.17) is 2.74 Å². The van der Waals surface area contributed by atoms with Crippen LogP contribution in [-0.4, -0.2) is 6.63 Å². The molecule has 0 atom stereocenters. The topological polar surface area (TPSA) is 0 Å². The van der Waals surface area contributed by atoms with Gasteiger partial charge in [-0.05, 0) is 6.42 Å². The van der Waals surface area contributed by atoms with E-state index in [1.165, 1.54) is 6.92 Å². The highest BCUT2D eigenvalue weighted by molar-refractivity contribution is 4.11. The van der Waals surface area contributed by atoms with Crippen molar-refractivity contribution in [3.63, 3.8) is 0 Å². The fourth-order valence-corrected chi connectivity index (χ4v) is 0. The lowest BCUT2D eigenvalue weighted by atomic mass is 10.6.